The highest BCUT2D eigenvalue weighted by Crippen LogP contribution is 2.61. The Balaban J connectivity index is 1.75. The molecule has 0 radical (unpaired) electrons. The van der Waals surface area contributed by atoms with E-state index in [-0.39, 0.29) is 17.3 Å². The fourth-order valence-electron chi connectivity index (χ4n) is 6.20. The minimum atomic E-state index is -0.152. The van der Waals surface area contributed by atoms with E-state index in [1.165, 1.54) is 11.1 Å². The molecule has 1 aromatic rings. The van der Waals surface area contributed by atoms with Crippen molar-refractivity contribution in [1.82, 2.24) is 0 Å². The van der Waals surface area contributed by atoms with E-state index in [0.717, 1.165) is 44.1 Å². The van der Waals surface area contributed by atoms with Crippen LogP contribution >= 0.6 is 0 Å². The van der Waals surface area contributed by atoms with Gasteiger partial charge in [0, 0.05) is 6.42 Å². The van der Waals surface area contributed by atoms with Crippen molar-refractivity contribution in [2.45, 2.75) is 70.8 Å². The van der Waals surface area contributed by atoms with Gasteiger partial charge in [0.15, 0.2) is 0 Å². The van der Waals surface area contributed by atoms with Gasteiger partial charge in [0.1, 0.15) is 11.5 Å². The normalized spacial score (nSPS) is 37.5. The first-order valence-electron chi connectivity index (χ1n) is 9.42. The molecule has 24 heavy (non-hydrogen) atoms. The van der Waals surface area contributed by atoms with E-state index < -0.39 is 0 Å². The minimum absolute atomic E-state index is 0.0797. The zero-order valence-corrected chi connectivity index (χ0v) is 14.7. The second-order valence-corrected chi connectivity index (χ2v) is 8.61. The van der Waals surface area contributed by atoms with E-state index in [0.29, 0.717) is 29.9 Å². The molecule has 0 saturated heterocycles. The highest BCUT2D eigenvalue weighted by molar-refractivity contribution is 5.79. The summed E-state index contributed by atoms with van der Waals surface area (Å²) < 4.78 is 0. The van der Waals surface area contributed by atoms with Gasteiger partial charge in [-0.15, -0.1) is 0 Å². The molecule has 2 saturated carbocycles. The lowest BCUT2D eigenvalue weighted by molar-refractivity contribution is -0.116. The minimum Gasteiger partial charge on any atom is -0.508 e. The number of benzene rings is 1. The van der Waals surface area contributed by atoms with Gasteiger partial charge in [0.05, 0.1) is 6.10 Å². The number of Topliss-reactive ketones (excluding diaryl/α,β-unsaturated/α-hetero) is 1. The molecule has 5 atom stereocenters. The van der Waals surface area contributed by atoms with Crippen LogP contribution in [0.3, 0.4) is 0 Å². The number of carbonyl (C=O) groups excluding carboxylic acids is 1. The number of aromatic hydroxyl groups is 1. The fourth-order valence-corrected chi connectivity index (χ4v) is 6.20. The lowest BCUT2D eigenvalue weighted by Gasteiger charge is -2.50. The average molecular weight is 328 g/mol. The van der Waals surface area contributed by atoms with Crippen molar-refractivity contribution in [2.75, 3.05) is 0 Å². The van der Waals surface area contributed by atoms with Gasteiger partial charge in [-0.3, -0.25) is 4.79 Å². The van der Waals surface area contributed by atoms with E-state index in [1.54, 1.807) is 13.0 Å². The number of phenolic OH excluding ortho intramolecular Hbond substituents is 1. The van der Waals surface area contributed by atoms with Gasteiger partial charge in [0.2, 0.25) is 0 Å². The van der Waals surface area contributed by atoms with E-state index >= 15 is 0 Å². The number of hydrogen-bond donors (Lipinski definition) is 2. The molecule has 2 fully saturated rings. The first kappa shape index (κ1) is 16.1. The van der Waals surface area contributed by atoms with Crippen molar-refractivity contribution in [3.05, 3.63) is 28.8 Å². The predicted octanol–water partition coefficient (Wildman–Crippen LogP) is 3.74. The Morgan fingerprint density at radius 1 is 1.25 bits per heavy atom. The molecular weight excluding hydrogens is 300 g/mol. The summed E-state index contributed by atoms with van der Waals surface area (Å²) in [5, 5.41) is 20.6. The third-order valence-corrected chi connectivity index (χ3v) is 7.28. The number of aliphatic hydroxyl groups excluding tert-OH is 1. The lowest BCUT2D eigenvalue weighted by atomic mass is 9.55. The molecule has 1 aromatic carbocycles. The summed E-state index contributed by atoms with van der Waals surface area (Å²) in [4.78, 5) is 11.7. The van der Waals surface area contributed by atoms with Gasteiger partial charge < -0.3 is 10.2 Å². The summed E-state index contributed by atoms with van der Waals surface area (Å²) in [6.45, 7) is 3.91. The number of aryl methyl sites for hydroxylation is 1. The van der Waals surface area contributed by atoms with Crippen LogP contribution in [0.1, 0.15) is 68.6 Å². The Kier molecular flexibility index (Phi) is 3.76. The van der Waals surface area contributed by atoms with E-state index in [2.05, 4.69) is 6.92 Å². The fraction of sp³-hybridized carbons (Fsp3) is 0.667. The zero-order valence-electron chi connectivity index (χ0n) is 14.7. The monoisotopic (exact) mass is 328 g/mol. The lowest BCUT2D eigenvalue weighted by Crippen LogP contribution is -2.44. The summed E-state index contributed by atoms with van der Waals surface area (Å²) in [6.07, 6.45) is 6.64. The molecule has 4 rings (SSSR count). The molecule has 0 heterocycles. The van der Waals surface area contributed by atoms with E-state index in [9.17, 15) is 15.0 Å². The van der Waals surface area contributed by atoms with Gasteiger partial charge >= 0.3 is 0 Å². The smallest absolute Gasteiger partial charge is 0.134 e. The molecule has 3 aliphatic carbocycles. The van der Waals surface area contributed by atoms with Gasteiger partial charge in [-0.25, -0.2) is 0 Å². The second kappa shape index (κ2) is 5.59. The topological polar surface area (TPSA) is 57.5 Å². The van der Waals surface area contributed by atoms with Gasteiger partial charge in [-0.2, -0.15) is 0 Å². The number of fused-ring (bicyclic) bond motifs is 5. The van der Waals surface area contributed by atoms with Crippen LogP contribution in [0.2, 0.25) is 0 Å². The van der Waals surface area contributed by atoms with Crippen LogP contribution in [0, 0.1) is 17.3 Å². The maximum Gasteiger partial charge on any atom is 0.134 e. The van der Waals surface area contributed by atoms with E-state index in [4.69, 9.17) is 0 Å². The molecule has 0 bridgehead atoms. The first-order valence-corrected chi connectivity index (χ1v) is 9.42. The molecule has 2 N–H and O–H groups in total. The highest BCUT2D eigenvalue weighted by Gasteiger charge is 2.54. The Morgan fingerprint density at radius 2 is 2.04 bits per heavy atom. The van der Waals surface area contributed by atoms with Crippen molar-refractivity contribution in [2.24, 2.45) is 17.3 Å². The molecule has 3 nitrogen and oxygen atoms in total. The van der Waals surface area contributed by atoms with Crippen LogP contribution in [0.25, 0.3) is 0 Å². The summed E-state index contributed by atoms with van der Waals surface area (Å²) in [5.74, 6) is 2.15. The molecule has 3 heteroatoms. The first-order chi connectivity index (χ1) is 11.4. The van der Waals surface area contributed by atoms with Crippen LogP contribution in [0.15, 0.2) is 12.1 Å². The zero-order chi connectivity index (χ0) is 17.1. The Morgan fingerprint density at radius 3 is 2.79 bits per heavy atom. The summed E-state index contributed by atoms with van der Waals surface area (Å²) in [5.41, 5.74) is 3.71. The van der Waals surface area contributed by atoms with Gasteiger partial charge in [-0.05, 0) is 97.4 Å². The Labute approximate surface area is 144 Å². The van der Waals surface area contributed by atoms with Crippen molar-refractivity contribution >= 4 is 5.78 Å². The number of carbonyl (C=O) groups is 1. The van der Waals surface area contributed by atoms with Crippen molar-refractivity contribution in [1.29, 1.82) is 0 Å². The maximum atomic E-state index is 11.7. The van der Waals surface area contributed by atoms with Gasteiger partial charge in [-0.1, -0.05) is 6.92 Å². The van der Waals surface area contributed by atoms with Crippen LogP contribution in [0.4, 0.5) is 0 Å². The number of aliphatic hydroxyl groups is 1. The van der Waals surface area contributed by atoms with Crippen LogP contribution in [-0.4, -0.2) is 22.1 Å². The Bertz CT molecular complexity index is 680. The maximum absolute atomic E-state index is 11.7. The molecule has 130 valence electrons. The summed E-state index contributed by atoms with van der Waals surface area (Å²) >= 11 is 0. The summed E-state index contributed by atoms with van der Waals surface area (Å²) in [7, 11) is 0. The highest BCUT2D eigenvalue weighted by atomic mass is 16.3. The van der Waals surface area contributed by atoms with E-state index in [1.807, 2.05) is 6.07 Å². The number of rotatable bonds is 2. The third-order valence-electron chi connectivity index (χ3n) is 7.28. The Hall–Kier alpha value is -1.35. The van der Waals surface area contributed by atoms with Crippen LogP contribution < -0.4 is 0 Å². The largest absolute Gasteiger partial charge is 0.508 e. The van der Waals surface area contributed by atoms with Crippen molar-refractivity contribution in [3.8, 4) is 5.75 Å². The standard InChI is InChI=1S/C21H28O3/c1-12(22)9-14-11-15(23)10-13-3-4-16-17(20(13)14)7-8-21(2)18(16)5-6-19(21)24/h10-11,16-19,23-24H,3-9H2,1-2H3/t16-,17+,18+,19-,21+/m1/s1. The predicted molar refractivity (Wildman–Crippen MR) is 93.1 cm³/mol. The van der Waals surface area contributed by atoms with Crippen molar-refractivity contribution in [3.63, 3.8) is 0 Å². The van der Waals surface area contributed by atoms with Crippen molar-refractivity contribution < 1.29 is 15.0 Å². The van der Waals surface area contributed by atoms with Crippen LogP contribution in [-0.2, 0) is 17.6 Å². The van der Waals surface area contributed by atoms with Gasteiger partial charge in [0.25, 0.3) is 0 Å². The number of hydrogen-bond acceptors (Lipinski definition) is 3. The van der Waals surface area contributed by atoms with Crippen LogP contribution in [0.5, 0.6) is 5.75 Å². The number of phenols is 1. The molecule has 0 amide bonds. The third kappa shape index (κ3) is 2.32. The molecule has 0 spiro atoms. The number of ketones is 1. The quantitative estimate of drug-likeness (QED) is 0.869. The molecule has 0 unspecified atom stereocenters. The molecule has 0 aliphatic heterocycles. The molecule has 0 aromatic heterocycles. The average Bonchev–Trinajstić information content (AvgIpc) is 2.81. The SMILES string of the molecule is CC(=O)Cc1cc(O)cc2c1[C@H]1CC[C@]3(C)[C@H](O)CC[C@H]3[C@@H]1CC2. The molecular formula is C21H28O3. The molecule has 3 aliphatic rings. The summed E-state index contributed by atoms with van der Waals surface area (Å²) in [6, 6.07) is 3.71. The second-order valence-electron chi connectivity index (χ2n) is 8.61.